The zero-order valence-corrected chi connectivity index (χ0v) is 13.0. The molecule has 1 aromatic heterocycles. The molecule has 0 unspecified atom stereocenters. The van der Waals surface area contributed by atoms with E-state index in [0.717, 1.165) is 32.6 Å². The van der Waals surface area contributed by atoms with E-state index >= 15 is 0 Å². The van der Waals surface area contributed by atoms with Crippen molar-refractivity contribution in [3.05, 3.63) is 23.9 Å². The average Bonchev–Trinajstić information content (AvgIpc) is 2.38. The lowest BCUT2D eigenvalue weighted by molar-refractivity contribution is 0.165. The van der Waals surface area contributed by atoms with Crippen molar-refractivity contribution in [2.24, 2.45) is 0 Å². The fourth-order valence-corrected chi connectivity index (χ4v) is 2.51. The van der Waals surface area contributed by atoms with Gasteiger partial charge in [-0.3, -0.25) is 4.90 Å². The van der Waals surface area contributed by atoms with Crippen LogP contribution in [0, 0.1) is 0 Å². The molecular weight excluding hydrogens is 283 g/mol. The van der Waals surface area contributed by atoms with Gasteiger partial charge >= 0.3 is 0 Å². The normalized spacial score (nSPS) is 17.1. The molecule has 0 amide bonds. The molecule has 0 bridgehead atoms. The van der Waals surface area contributed by atoms with E-state index in [4.69, 9.17) is 5.73 Å². The summed E-state index contributed by atoms with van der Waals surface area (Å²) >= 11 is 0. The Morgan fingerprint density at radius 3 is 2.63 bits per heavy atom. The van der Waals surface area contributed by atoms with Crippen LogP contribution in [0.15, 0.2) is 18.3 Å². The van der Waals surface area contributed by atoms with Crippen molar-refractivity contribution in [1.29, 1.82) is 0 Å². The van der Waals surface area contributed by atoms with Crippen LogP contribution in [0.25, 0.3) is 0 Å². The predicted octanol–water partition coefficient (Wildman–Crippen LogP) is 2.25. The maximum absolute atomic E-state index is 6.00. The Morgan fingerprint density at radius 1 is 1.37 bits per heavy atom. The molecule has 1 saturated heterocycles. The molecule has 2 rings (SSSR count). The van der Waals surface area contributed by atoms with Crippen LogP contribution in [0.5, 0.6) is 0 Å². The third-order valence-electron chi connectivity index (χ3n) is 3.38. The summed E-state index contributed by atoms with van der Waals surface area (Å²) in [4.78, 5) is 6.73. The fraction of sp³-hybridized carbons (Fsp3) is 0.615. The van der Waals surface area contributed by atoms with E-state index in [2.05, 4.69) is 28.2 Å². The lowest BCUT2D eigenvalue weighted by Crippen LogP contribution is -2.45. The molecule has 1 aliphatic heterocycles. The number of nitrogens with one attached hydrogen (secondary N) is 1. The minimum absolute atomic E-state index is 0. The lowest BCUT2D eigenvalue weighted by Gasteiger charge is -2.35. The number of hydrogen-bond acceptors (Lipinski definition) is 4. The maximum Gasteiger partial charge on any atom is 0.128 e. The Balaban J connectivity index is 0.00000162. The first-order valence-electron chi connectivity index (χ1n) is 6.48. The second kappa shape index (κ2) is 9.37. The van der Waals surface area contributed by atoms with Crippen LogP contribution in [-0.2, 0) is 0 Å². The summed E-state index contributed by atoms with van der Waals surface area (Å²) in [6, 6.07) is 4.53. The number of rotatable bonds is 4. The quantitative estimate of drug-likeness (QED) is 0.896. The molecular formula is C13H24Cl2N4. The highest BCUT2D eigenvalue weighted by molar-refractivity contribution is 5.85. The van der Waals surface area contributed by atoms with E-state index in [0.29, 0.717) is 11.9 Å². The molecule has 1 aliphatic rings. The van der Waals surface area contributed by atoms with Gasteiger partial charge in [-0.2, -0.15) is 0 Å². The Bertz CT molecular complexity index is 356. The van der Waals surface area contributed by atoms with E-state index in [1.165, 1.54) is 12.0 Å². The first-order chi connectivity index (χ1) is 8.33. The summed E-state index contributed by atoms with van der Waals surface area (Å²) in [7, 11) is 0. The van der Waals surface area contributed by atoms with Crippen LogP contribution >= 0.6 is 24.8 Å². The van der Waals surface area contributed by atoms with Crippen molar-refractivity contribution in [3.8, 4) is 0 Å². The minimum atomic E-state index is 0. The molecule has 0 spiro atoms. The van der Waals surface area contributed by atoms with Crippen LogP contribution in [-0.4, -0.2) is 36.1 Å². The van der Waals surface area contributed by atoms with E-state index in [1.54, 1.807) is 6.20 Å². The van der Waals surface area contributed by atoms with Gasteiger partial charge in [0.1, 0.15) is 5.82 Å². The highest BCUT2D eigenvalue weighted by Crippen LogP contribution is 2.28. The molecule has 110 valence electrons. The van der Waals surface area contributed by atoms with Gasteiger partial charge in [0.2, 0.25) is 0 Å². The first-order valence-corrected chi connectivity index (χ1v) is 6.48. The monoisotopic (exact) mass is 306 g/mol. The predicted molar refractivity (Wildman–Crippen MR) is 85.2 cm³/mol. The molecule has 1 fully saturated rings. The summed E-state index contributed by atoms with van der Waals surface area (Å²) in [6.07, 6.45) is 4.08. The van der Waals surface area contributed by atoms with Gasteiger partial charge in [-0.1, -0.05) is 19.4 Å². The van der Waals surface area contributed by atoms with E-state index in [9.17, 15) is 0 Å². The van der Waals surface area contributed by atoms with Gasteiger partial charge in [-0.25, -0.2) is 4.98 Å². The van der Waals surface area contributed by atoms with Gasteiger partial charge in [0.05, 0.1) is 0 Å². The highest BCUT2D eigenvalue weighted by Gasteiger charge is 2.23. The van der Waals surface area contributed by atoms with Crippen LogP contribution in [0.1, 0.15) is 31.4 Å². The van der Waals surface area contributed by atoms with E-state index in [1.807, 2.05) is 6.07 Å². The molecule has 1 atom stereocenters. The fourth-order valence-electron chi connectivity index (χ4n) is 2.51. The van der Waals surface area contributed by atoms with Crippen molar-refractivity contribution in [2.75, 3.05) is 31.9 Å². The second-order valence-electron chi connectivity index (χ2n) is 4.57. The summed E-state index contributed by atoms with van der Waals surface area (Å²) in [5, 5.41) is 3.39. The number of piperazine rings is 1. The molecule has 4 nitrogen and oxygen atoms in total. The molecule has 0 saturated carbocycles. The summed E-state index contributed by atoms with van der Waals surface area (Å²) < 4.78 is 0. The lowest BCUT2D eigenvalue weighted by atomic mass is 10.0. The van der Waals surface area contributed by atoms with Gasteiger partial charge in [-0.05, 0) is 12.5 Å². The van der Waals surface area contributed by atoms with Crippen molar-refractivity contribution in [3.63, 3.8) is 0 Å². The molecule has 1 aromatic rings. The largest absolute Gasteiger partial charge is 0.383 e. The summed E-state index contributed by atoms with van der Waals surface area (Å²) in [5.41, 5.74) is 7.20. The third-order valence-corrected chi connectivity index (χ3v) is 3.38. The van der Waals surface area contributed by atoms with Crippen molar-refractivity contribution < 1.29 is 0 Å². The number of pyridine rings is 1. The molecule has 0 aliphatic carbocycles. The van der Waals surface area contributed by atoms with Crippen molar-refractivity contribution in [2.45, 2.75) is 25.8 Å². The highest BCUT2D eigenvalue weighted by atomic mass is 35.5. The Labute approximate surface area is 128 Å². The molecule has 6 heteroatoms. The number of nitrogen functional groups attached to an aromatic ring is 1. The summed E-state index contributed by atoms with van der Waals surface area (Å²) in [6.45, 7) is 6.56. The van der Waals surface area contributed by atoms with Crippen molar-refractivity contribution in [1.82, 2.24) is 15.2 Å². The topological polar surface area (TPSA) is 54.2 Å². The van der Waals surface area contributed by atoms with Crippen LogP contribution < -0.4 is 11.1 Å². The van der Waals surface area contributed by atoms with E-state index in [-0.39, 0.29) is 24.8 Å². The Hall–Kier alpha value is -0.550. The van der Waals surface area contributed by atoms with Gasteiger partial charge in [-0.15, -0.1) is 24.8 Å². The number of halogens is 2. The smallest absolute Gasteiger partial charge is 0.128 e. The molecule has 0 radical (unpaired) electrons. The van der Waals surface area contributed by atoms with Gasteiger partial charge in [0.15, 0.2) is 0 Å². The van der Waals surface area contributed by atoms with Crippen LogP contribution in [0.4, 0.5) is 5.82 Å². The average molecular weight is 307 g/mol. The van der Waals surface area contributed by atoms with Gasteiger partial charge in [0.25, 0.3) is 0 Å². The third kappa shape index (κ3) is 4.80. The zero-order valence-electron chi connectivity index (χ0n) is 11.3. The van der Waals surface area contributed by atoms with E-state index < -0.39 is 0 Å². The number of aromatic nitrogens is 1. The van der Waals surface area contributed by atoms with Crippen LogP contribution in [0.2, 0.25) is 0 Å². The van der Waals surface area contributed by atoms with Crippen LogP contribution in [0.3, 0.4) is 0 Å². The number of nitrogens with two attached hydrogens (primary N) is 1. The number of hydrogen-bond donors (Lipinski definition) is 2. The second-order valence-corrected chi connectivity index (χ2v) is 4.57. The van der Waals surface area contributed by atoms with Crippen molar-refractivity contribution >= 4 is 30.6 Å². The molecule has 0 aromatic carbocycles. The summed E-state index contributed by atoms with van der Waals surface area (Å²) in [5.74, 6) is 0.685. The molecule has 3 N–H and O–H groups in total. The Kier molecular flexibility index (Phi) is 9.10. The number of anilines is 1. The Morgan fingerprint density at radius 2 is 2.05 bits per heavy atom. The molecule has 2 heterocycles. The number of nitrogens with zero attached hydrogens (tertiary/aromatic N) is 2. The minimum Gasteiger partial charge on any atom is -0.383 e. The van der Waals surface area contributed by atoms with Gasteiger partial charge in [0, 0.05) is 44.0 Å². The first kappa shape index (κ1) is 18.4. The standard InChI is InChI=1S/C13H22N4.2ClH/c1-2-4-12(17-9-7-15-8-10-17)11-5-3-6-16-13(11)14;;/h3,5-6,12,15H,2,4,7-10H2,1H3,(H2,14,16);2*1H/t12-;;/m0../s1. The maximum atomic E-state index is 6.00. The SMILES string of the molecule is CCC[C@@H](c1cccnc1N)N1CCNCC1.Cl.Cl. The van der Waals surface area contributed by atoms with Gasteiger partial charge < -0.3 is 11.1 Å². The molecule has 19 heavy (non-hydrogen) atoms. The zero-order chi connectivity index (χ0) is 12.1.